The van der Waals surface area contributed by atoms with Crippen molar-refractivity contribution in [2.45, 2.75) is 33.7 Å². The summed E-state index contributed by atoms with van der Waals surface area (Å²) in [5, 5.41) is 6.31. The smallest absolute Gasteiger partial charge is 0.253 e. The lowest BCUT2D eigenvalue weighted by Gasteiger charge is -2.22. The standard InChI is InChI=1S/C20H22Cl2N2O2/c1-11(2)18(20(26)23-15-7-5-12(3)13(4)9-15)24-19(25)16-8-6-14(21)10-17(16)22/h5-11,18H,1-4H3,(H,23,26)(H,24,25). The Labute approximate surface area is 163 Å². The number of benzene rings is 2. The van der Waals surface area contributed by atoms with Crippen molar-refractivity contribution in [3.05, 3.63) is 63.1 Å². The summed E-state index contributed by atoms with van der Waals surface area (Å²) >= 11 is 11.9. The summed E-state index contributed by atoms with van der Waals surface area (Å²) in [6, 6.07) is 9.62. The minimum atomic E-state index is -0.698. The number of rotatable bonds is 5. The highest BCUT2D eigenvalue weighted by atomic mass is 35.5. The minimum Gasteiger partial charge on any atom is -0.340 e. The Morgan fingerprint density at radius 3 is 2.23 bits per heavy atom. The van der Waals surface area contributed by atoms with Crippen molar-refractivity contribution in [2.75, 3.05) is 5.32 Å². The number of anilines is 1. The fraction of sp³-hybridized carbons (Fsp3) is 0.300. The van der Waals surface area contributed by atoms with Gasteiger partial charge in [-0.05, 0) is 61.2 Å². The van der Waals surface area contributed by atoms with Gasteiger partial charge in [0.15, 0.2) is 0 Å². The average molecular weight is 393 g/mol. The molecule has 0 radical (unpaired) electrons. The predicted molar refractivity (Wildman–Crippen MR) is 107 cm³/mol. The van der Waals surface area contributed by atoms with Crippen LogP contribution in [0.2, 0.25) is 10.0 Å². The van der Waals surface area contributed by atoms with E-state index in [1.165, 1.54) is 6.07 Å². The molecule has 26 heavy (non-hydrogen) atoms. The van der Waals surface area contributed by atoms with E-state index in [1.807, 2.05) is 45.9 Å². The van der Waals surface area contributed by atoms with Crippen LogP contribution in [0.4, 0.5) is 5.69 Å². The Balaban J connectivity index is 2.15. The lowest BCUT2D eigenvalue weighted by atomic mass is 10.0. The van der Waals surface area contributed by atoms with Crippen molar-refractivity contribution >= 4 is 40.7 Å². The maximum atomic E-state index is 12.7. The monoisotopic (exact) mass is 392 g/mol. The summed E-state index contributed by atoms with van der Waals surface area (Å²) in [6.07, 6.45) is 0. The molecule has 0 saturated carbocycles. The molecule has 0 aliphatic heterocycles. The molecule has 1 unspecified atom stereocenters. The van der Waals surface area contributed by atoms with E-state index in [2.05, 4.69) is 10.6 Å². The molecule has 0 bridgehead atoms. The third-order valence-electron chi connectivity index (χ3n) is 4.19. The number of amides is 2. The van der Waals surface area contributed by atoms with Crippen LogP contribution in [-0.4, -0.2) is 17.9 Å². The third-order valence-corrected chi connectivity index (χ3v) is 4.73. The Hall–Kier alpha value is -2.04. The fourth-order valence-electron chi connectivity index (χ4n) is 2.47. The van der Waals surface area contributed by atoms with E-state index in [0.29, 0.717) is 10.7 Å². The first-order valence-electron chi connectivity index (χ1n) is 8.33. The maximum Gasteiger partial charge on any atom is 0.253 e. The second-order valence-corrected chi connectivity index (χ2v) is 7.45. The van der Waals surface area contributed by atoms with Gasteiger partial charge < -0.3 is 10.6 Å². The molecule has 0 aromatic heterocycles. The molecule has 2 amide bonds. The highest BCUT2D eigenvalue weighted by molar-refractivity contribution is 6.36. The topological polar surface area (TPSA) is 58.2 Å². The van der Waals surface area contributed by atoms with Crippen LogP contribution >= 0.6 is 23.2 Å². The Morgan fingerprint density at radius 1 is 0.962 bits per heavy atom. The SMILES string of the molecule is Cc1ccc(NC(=O)C(NC(=O)c2ccc(Cl)cc2Cl)C(C)C)cc1C. The van der Waals surface area contributed by atoms with Crippen LogP contribution < -0.4 is 10.6 Å². The molecule has 0 fully saturated rings. The van der Waals surface area contributed by atoms with Crippen LogP contribution in [0.5, 0.6) is 0 Å². The molecule has 0 spiro atoms. The molecular formula is C20H22Cl2N2O2. The fourth-order valence-corrected chi connectivity index (χ4v) is 2.96. The van der Waals surface area contributed by atoms with Crippen LogP contribution in [0.3, 0.4) is 0 Å². The van der Waals surface area contributed by atoms with E-state index in [0.717, 1.165) is 11.1 Å². The van der Waals surface area contributed by atoms with Crippen LogP contribution in [0.1, 0.15) is 35.3 Å². The summed E-state index contributed by atoms with van der Waals surface area (Å²) in [5.41, 5.74) is 3.21. The maximum absolute atomic E-state index is 12.7. The molecule has 138 valence electrons. The van der Waals surface area contributed by atoms with Crippen molar-refractivity contribution < 1.29 is 9.59 Å². The number of carbonyl (C=O) groups excluding carboxylic acids is 2. The zero-order valence-corrected chi connectivity index (χ0v) is 16.7. The molecule has 0 heterocycles. The molecule has 4 nitrogen and oxygen atoms in total. The summed E-state index contributed by atoms with van der Waals surface area (Å²) in [7, 11) is 0. The number of halogens is 2. The Morgan fingerprint density at radius 2 is 1.65 bits per heavy atom. The molecule has 1 atom stereocenters. The lowest BCUT2D eigenvalue weighted by Crippen LogP contribution is -2.47. The van der Waals surface area contributed by atoms with Gasteiger partial charge in [0.2, 0.25) is 5.91 Å². The second-order valence-electron chi connectivity index (χ2n) is 6.61. The molecule has 0 aliphatic carbocycles. The highest BCUT2D eigenvalue weighted by Crippen LogP contribution is 2.21. The molecule has 0 aliphatic rings. The summed E-state index contributed by atoms with van der Waals surface area (Å²) < 4.78 is 0. The zero-order chi connectivity index (χ0) is 19.4. The van der Waals surface area contributed by atoms with Crippen molar-refractivity contribution in [1.82, 2.24) is 5.32 Å². The van der Waals surface area contributed by atoms with E-state index in [1.54, 1.807) is 12.1 Å². The van der Waals surface area contributed by atoms with Crippen LogP contribution in [-0.2, 0) is 4.79 Å². The Kier molecular flexibility index (Phi) is 6.68. The van der Waals surface area contributed by atoms with E-state index in [9.17, 15) is 9.59 Å². The van der Waals surface area contributed by atoms with Gasteiger partial charge in [-0.15, -0.1) is 0 Å². The average Bonchev–Trinajstić information content (AvgIpc) is 2.55. The molecule has 6 heteroatoms. The van der Waals surface area contributed by atoms with Crippen LogP contribution in [0, 0.1) is 19.8 Å². The van der Waals surface area contributed by atoms with Gasteiger partial charge in [-0.2, -0.15) is 0 Å². The zero-order valence-electron chi connectivity index (χ0n) is 15.2. The van der Waals surface area contributed by atoms with Gasteiger partial charge >= 0.3 is 0 Å². The van der Waals surface area contributed by atoms with E-state index >= 15 is 0 Å². The summed E-state index contributed by atoms with van der Waals surface area (Å²) in [6.45, 7) is 7.73. The van der Waals surface area contributed by atoms with Crippen LogP contribution in [0.25, 0.3) is 0 Å². The highest BCUT2D eigenvalue weighted by Gasteiger charge is 2.25. The molecule has 2 N–H and O–H groups in total. The predicted octanol–water partition coefficient (Wildman–Crippen LogP) is 5.00. The van der Waals surface area contributed by atoms with Crippen molar-refractivity contribution in [1.29, 1.82) is 0 Å². The molecule has 2 rings (SSSR count). The first-order chi connectivity index (χ1) is 12.2. The quantitative estimate of drug-likeness (QED) is 0.751. The Bertz CT molecular complexity index is 835. The van der Waals surface area contributed by atoms with Gasteiger partial charge in [0.05, 0.1) is 10.6 Å². The van der Waals surface area contributed by atoms with Gasteiger partial charge in [0.1, 0.15) is 6.04 Å². The molecule has 0 saturated heterocycles. The van der Waals surface area contributed by atoms with Crippen LogP contribution in [0.15, 0.2) is 36.4 Å². The number of hydrogen-bond donors (Lipinski definition) is 2. The van der Waals surface area contributed by atoms with E-state index < -0.39 is 11.9 Å². The van der Waals surface area contributed by atoms with E-state index in [-0.39, 0.29) is 22.4 Å². The number of carbonyl (C=O) groups is 2. The minimum absolute atomic E-state index is 0.100. The van der Waals surface area contributed by atoms with Crippen molar-refractivity contribution in [3.8, 4) is 0 Å². The number of aryl methyl sites for hydroxylation is 2. The third kappa shape index (κ3) is 4.99. The number of nitrogens with one attached hydrogen (secondary N) is 2. The van der Waals surface area contributed by atoms with Gasteiger partial charge in [-0.3, -0.25) is 9.59 Å². The summed E-state index contributed by atoms with van der Waals surface area (Å²) in [4.78, 5) is 25.2. The normalized spacial score (nSPS) is 12.0. The molecule has 2 aromatic rings. The summed E-state index contributed by atoms with van der Waals surface area (Å²) in [5.74, 6) is -0.793. The second kappa shape index (κ2) is 8.56. The first-order valence-corrected chi connectivity index (χ1v) is 9.08. The molecule has 2 aromatic carbocycles. The molecular weight excluding hydrogens is 371 g/mol. The largest absolute Gasteiger partial charge is 0.340 e. The number of hydrogen-bond acceptors (Lipinski definition) is 2. The lowest BCUT2D eigenvalue weighted by molar-refractivity contribution is -0.118. The van der Waals surface area contributed by atoms with Gasteiger partial charge in [-0.1, -0.05) is 43.1 Å². The van der Waals surface area contributed by atoms with Gasteiger partial charge in [-0.25, -0.2) is 0 Å². The first kappa shape index (κ1) is 20.3. The van der Waals surface area contributed by atoms with Crippen molar-refractivity contribution in [3.63, 3.8) is 0 Å². The van der Waals surface area contributed by atoms with Gasteiger partial charge in [0.25, 0.3) is 5.91 Å². The van der Waals surface area contributed by atoms with Gasteiger partial charge in [0, 0.05) is 10.7 Å². The van der Waals surface area contributed by atoms with Crippen molar-refractivity contribution in [2.24, 2.45) is 5.92 Å². The van der Waals surface area contributed by atoms with E-state index in [4.69, 9.17) is 23.2 Å².